The van der Waals surface area contributed by atoms with Crippen LogP contribution in [-0.4, -0.2) is 54.2 Å². The van der Waals surface area contributed by atoms with E-state index in [1.165, 1.54) is 11.3 Å². The van der Waals surface area contributed by atoms with Gasteiger partial charge in [0.05, 0.1) is 14.2 Å². The molecule has 0 unspecified atom stereocenters. The van der Waals surface area contributed by atoms with Crippen molar-refractivity contribution in [2.45, 2.75) is 18.8 Å². The van der Waals surface area contributed by atoms with Crippen LogP contribution in [-0.2, 0) is 0 Å². The van der Waals surface area contributed by atoms with Crippen molar-refractivity contribution < 1.29 is 19.1 Å². The fourth-order valence-electron chi connectivity index (χ4n) is 3.62. The smallest absolute Gasteiger partial charge is 0.286 e. The first-order chi connectivity index (χ1) is 15.6. The molecule has 9 heteroatoms. The fraction of sp³-hybridized carbons (Fsp3) is 0.304. The van der Waals surface area contributed by atoms with E-state index in [-0.39, 0.29) is 17.7 Å². The second-order valence-corrected chi connectivity index (χ2v) is 8.44. The van der Waals surface area contributed by atoms with Gasteiger partial charge in [0.2, 0.25) is 5.01 Å². The van der Waals surface area contributed by atoms with E-state index in [1.54, 1.807) is 50.6 Å². The number of piperidine rings is 1. The number of carbonyl (C=O) groups is 2. The molecule has 32 heavy (non-hydrogen) atoms. The van der Waals surface area contributed by atoms with Crippen LogP contribution in [0.5, 0.6) is 11.5 Å². The third-order valence-electron chi connectivity index (χ3n) is 5.43. The van der Waals surface area contributed by atoms with Crippen LogP contribution in [0.1, 0.15) is 43.9 Å². The van der Waals surface area contributed by atoms with Crippen LogP contribution in [0.4, 0.5) is 5.69 Å². The number of benzene rings is 2. The van der Waals surface area contributed by atoms with Crippen LogP contribution in [0.25, 0.3) is 0 Å². The van der Waals surface area contributed by atoms with Gasteiger partial charge in [-0.1, -0.05) is 17.4 Å². The first-order valence-electron chi connectivity index (χ1n) is 10.3. The van der Waals surface area contributed by atoms with Gasteiger partial charge in [0.1, 0.15) is 16.5 Å². The Kier molecular flexibility index (Phi) is 6.65. The van der Waals surface area contributed by atoms with Gasteiger partial charge in [-0.2, -0.15) is 0 Å². The molecule has 166 valence electrons. The summed E-state index contributed by atoms with van der Waals surface area (Å²) < 4.78 is 10.3. The molecule has 0 atom stereocenters. The van der Waals surface area contributed by atoms with Crippen molar-refractivity contribution in [3.05, 3.63) is 64.1 Å². The maximum absolute atomic E-state index is 12.8. The summed E-state index contributed by atoms with van der Waals surface area (Å²) in [5.41, 5.74) is 1.29. The van der Waals surface area contributed by atoms with Crippen LogP contribution >= 0.6 is 11.3 Å². The van der Waals surface area contributed by atoms with Gasteiger partial charge in [0.25, 0.3) is 11.8 Å². The number of ether oxygens (including phenoxy) is 2. The molecule has 0 bridgehead atoms. The Morgan fingerprint density at radius 3 is 2.41 bits per heavy atom. The van der Waals surface area contributed by atoms with Crippen molar-refractivity contribution in [1.82, 2.24) is 15.1 Å². The molecule has 0 radical (unpaired) electrons. The summed E-state index contributed by atoms with van der Waals surface area (Å²) in [5, 5.41) is 12.3. The molecule has 1 aliphatic heterocycles. The van der Waals surface area contributed by atoms with Crippen LogP contribution in [0.2, 0.25) is 0 Å². The van der Waals surface area contributed by atoms with Gasteiger partial charge in [-0.3, -0.25) is 9.59 Å². The highest BCUT2D eigenvalue weighted by Crippen LogP contribution is 2.31. The number of nitrogens with one attached hydrogen (secondary N) is 1. The molecule has 1 saturated heterocycles. The lowest BCUT2D eigenvalue weighted by atomic mass is 9.97. The monoisotopic (exact) mass is 452 g/mol. The van der Waals surface area contributed by atoms with Gasteiger partial charge in [-0.05, 0) is 55.3 Å². The highest BCUT2D eigenvalue weighted by atomic mass is 32.1. The summed E-state index contributed by atoms with van der Waals surface area (Å²) in [5.74, 6) is 1.28. The fourth-order valence-corrected chi connectivity index (χ4v) is 4.53. The van der Waals surface area contributed by atoms with Crippen LogP contribution in [0.15, 0.2) is 48.5 Å². The van der Waals surface area contributed by atoms with E-state index in [9.17, 15) is 9.59 Å². The summed E-state index contributed by atoms with van der Waals surface area (Å²) in [4.78, 5) is 27.2. The first kappa shape index (κ1) is 21.8. The minimum absolute atomic E-state index is 0.000767. The SMILES string of the molecule is COc1ccc(NC(=O)c2nnc(C3CCN(C(=O)c4cccc(OC)c4)CC3)s2)cc1. The largest absolute Gasteiger partial charge is 0.497 e. The number of nitrogens with zero attached hydrogens (tertiary/aromatic N) is 3. The Balaban J connectivity index is 1.34. The summed E-state index contributed by atoms with van der Waals surface area (Å²) in [7, 11) is 3.18. The minimum atomic E-state index is -0.287. The molecule has 8 nitrogen and oxygen atoms in total. The van der Waals surface area contributed by atoms with E-state index in [1.807, 2.05) is 17.0 Å². The number of carbonyl (C=O) groups excluding carboxylic acids is 2. The standard InChI is InChI=1S/C23H24N4O4S/c1-30-18-8-6-17(7-9-18)24-20(28)22-26-25-21(32-22)15-10-12-27(13-11-15)23(29)16-4-3-5-19(14-16)31-2/h3-9,14-15H,10-13H2,1-2H3,(H,24,28). The second kappa shape index (κ2) is 9.78. The molecule has 2 aromatic carbocycles. The molecule has 3 aromatic rings. The number of hydrogen-bond acceptors (Lipinski definition) is 7. The van der Waals surface area contributed by atoms with E-state index in [4.69, 9.17) is 9.47 Å². The number of likely N-dealkylation sites (tertiary alicyclic amines) is 1. The molecular formula is C23H24N4O4S. The molecule has 1 N–H and O–H groups in total. The number of methoxy groups -OCH3 is 2. The average molecular weight is 453 g/mol. The van der Waals surface area contributed by atoms with Gasteiger partial charge in [0, 0.05) is 30.3 Å². The molecule has 1 aliphatic rings. The maximum Gasteiger partial charge on any atom is 0.286 e. The Bertz CT molecular complexity index is 1090. The number of rotatable bonds is 6. The number of amides is 2. The Labute approximate surface area is 190 Å². The molecule has 0 spiro atoms. The van der Waals surface area contributed by atoms with Crippen molar-refractivity contribution in [2.75, 3.05) is 32.6 Å². The average Bonchev–Trinajstić information content (AvgIpc) is 3.35. The van der Waals surface area contributed by atoms with E-state index in [0.29, 0.717) is 35.1 Å². The molecule has 2 amide bonds. The third kappa shape index (κ3) is 4.88. The van der Waals surface area contributed by atoms with Gasteiger partial charge < -0.3 is 19.7 Å². The van der Waals surface area contributed by atoms with E-state index in [2.05, 4.69) is 15.5 Å². The van der Waals surface area contributed by atoms with Crippen molar-refractivity contribution >= 4 is 28.8 Å². The van der Waals surface area contributed by atoms with Crippen molar-refractivity contribution in [3.8, 4) is 11.5 Å². The van der Waals surface area contributed by atoms with Gasteiger partial charge in [-0.15, -0.1) is 10.2 Å². The van der Waals surface area contributed by atoms with Crippen LogP contribution in [0.3, 0.4) is 0 Å². The molecular weight excluding hydrogens is 428 g/mol. The highest BCUT2D eigenvalue weighted by Gasteiger charge is 2.27. The molecule has 1 aromatic heterocycles. The molecule has 1 fully saturated rings. The van der Waals surface area contributed by atoms with Gasteiger partial charge in [0.15, 0.2) is 0 Å². The number of hydrogen-bond donors (Lipinski definition) is 1. The van der Waals surface area contributed by atoms with Crippen LogP contribution < -0.4 is 14.8 Å². The zero-order valence-electron chi connectivity index (χ0n) is 17.9. The van der Waals surface area contributed by atoms with Crippen molar-refractivity contribution in [3.63, 3.8) is 0 Å². The molecule has 4 rings (SSSR count). The maximum atomic E-state index is 12.8. The van der Waals surface area contributed by atoms with E-state index < -0.39 is 0 Å². The predicted octanol–water partition coefficient (Wildman–Crippen LogP) is 3.83. The topological polar surface area (TPSA) is 93.6 Å². The van der Waals surface area contributed by atoms with E-state index >= 15 is 0 Å². The summed E-state index contributed by atoms with van der Waals surface area (Å²) in [6.45, 7) is 1.27. The lowest BCUT2D eigenvalue weighted by molar-refractivity contribution is 0.0712. The van der Waals surface area contributed by atoms with Crippen molar-refractivity contribution in [1.29, 1.82) is 0 Å². The Morgan fingerprint density at radius 1 is 1.00 bits per heavy atom. The first-order valence-corrected chi connectivity index (χ1v) is 11.1. The third-order valence-corrected chi connectivity index (χ3v) is 6.52. The lowest BCUT2D eigenvalue weighted by Gasteiger charge is -2.31. The molecule has 0 saturated carbocycles. The summed E-state index contributed by atoms with van der Waals surface area (Å²) in [6, 6.07) is 14.3. The summed E-state index contributed by atoms with van der Waals surface area (Å²) >= 11 is 1.31. The molecule has 2 heterocycles. The van der Waals surface area contributed by atoms with Crippen molar-refractivity contribution in [2.24, 2.45) is 0 Å². The predicted molar refractivity (Wildman–Crippen MR) is 122 cm³/mol. The zero-order chi connectivity index (χ0) is 22.5. The van der Waals surface area contributed by atoms with Gasteiger partial charge >= 0.3 is 0 Å². The molecule has 0 aliphatic carbocycles. The second-order valence-electron chi connectivity index (χ2n) is 7.43. The zero-order valence-corrected chi connectivity index (χ0v) is 18.7. The Hall–Kier alpha value is -3.46. The van der Waals surface area contributed by atoms with E-state index in [0.717, 1.165) is 23.6 Å². The highest BCUT2D eigenvalue weighted by molar-refractivity contribution is 7.13. The minimum Gasteiger partial charge on any atom is -0.497 e. The van der Waals surface area contributed by atoms with Gasteiger partial charge in [-0.25, -0.2) is 0 Å². The quantitative estimate of drug-likeness (QED) is 0.611. The number of anilines is 1. The summed E-state index contributed by atoms with van der Waals surface area (Å²) in [6.07, 6.45) is 1.56. The normalized spacial score (nSPS) is 14.1. The Morgan fingerprint density at radius 2 is 1.72 bits per heavy atom. The number of aromatic nitrogens is 2. The lowest BCUT2D eigenvalue weighted by Crippen LogP contribution is -2.37. The van der Waals surface area contributed by atoms with Crippen LogP contribution in [0, 0.1) is 0 Å².